The zero-order valence-corrected chi connectivity index (χ0v) is 2.12. The van der Waals surface area contributed by atoms with Gasteiger partial charge < -0.3 is 0 Å². The molecule has 0 aromatic rings. The summed E-state index contributed by atoms with van der Waals surface area (Å²) in [7, 11) is 0. The normalized spacial score (nSPS) is 18.0. The number of hydrogen-bond donors (Lipinski definition) is 0. The van der Waals surface area contributed by atoms with Crippen molar-refractivity contribution in [3.05, 3.63) is 0 Å². The van der Waals surface area contributed by atoms with Crippen LogP contribution in [0.2, 0.25) is 0 Å². The van der Waals surface area contributed by atoms with Gasteiger partial charge in [0.05, 0.1) is 0 Å². The van der Waals surface area contributed by atoms with Crippen molar-refractivity contribution in [3.63, 3.8) is 0 Å². The Morgan fingerprint density at radius 3 is 1.00 bits per heavy atom. The topological polar surface area (TPSA) is 0 Å². The molecule has 0 spiro atoms. The molecule has 1 aliphatic carbocycles. The van der Waals surface area contributed by atoms with E-state index in [9.17, 15) is 0 Å². The van der Waals surface area contributed by atoms with Crippen LogP contribution in [-0.2, 0) is 0 Å². The molecule has 1 heteroatoms. The molecule has 1 fully saturated rings. The van der Waals surface area contributed by atoms with E-state index in [-0.39, 0.29) is 19.8 Å². The van der Waals surface area contributed by atoms with Gasteiger partial charge in [0.1, 0.15) is 0 Å². The van der Waals surface area contributed by atoms with Crippen molar-refractivity contribution in [2.24, 2.45) is 0 Å². The predicted octanol–water partition coefficient (Wildman–Crippen LogP) is -0.0136. The predicted molar refractivity (Wildman–Crippen MR) is 23.8 cm³/mol. The molecule has 0 unspecified atom stereocenters. The van der Waals surface area contributed by atoms with E-state index in [4.69, 9.17) is 0 Å². The van der Waals surface area contributed by atoms with Gasteiger partial charge in [0.2, 0.25) is 0 Å². The van der Waals surface area contributed by atoms with Crippen LogP contribution in [0.25, 0.3) is 0 Å². The standard InChI is InChI=1S/C3H6.Ga.3H/c1-2-3-1;;;;/h1-3H2;;;;. The first kappa shape index (κ1) is 4.64. The molecule has 0 nitrogen and oxygen atoms in total. The van der Waals surface area contributed by atoms with Crippen LogP contribution in [-0.4, -0.2) is 19.8 Å². The summed E-state index contributed by atoms with van der Waals surface area (Å²) in [6, 6.07) is 0. The van der Waals surface area contributed by atoms with Crippen molar-refractivity contribution in [2.45, 2.75) is 19.3 Å². The summed E-state index contributed by atoms with van der Waals surface area (Å²) < 4.78 is 0. The third-order valence-corrected chi connectivity index (χ3v) is 0.354. The summed E-state index contributed by atoms with van der Waals surface area (Å²) in [6.07, 6.45) is 4.50. The monoisotopic (exact) mass is 114 g/mol. The molecule has 0 N–H and O–H groups in total. The second-order valence-electron chi connectivity index (χ2n) is 1.06. The van der Waals surface area contributed by atoms with E-state index in [0.29, 0.717) is 0 Å². The van der Waals surface area contributed by atoms with E-state index in [1.165, 1.54) is 19.3 Å². The van der Waals surface area contributed by atoms with E-state index < -0.39 is 0 Å². The van der Waals surface area contributed by atoms with Gasteiger partial charge in [-0.3, -0.25) is 0 Å². The molecule has 4 heavy (non-hydrogen) atoms. The Balaban J connectivity index is 0.0000000900. The molecule has 0 aliphatic heterocycles. The number of hydrogen-bond acceptors (Lipinski definition) is 0. The molecule has 24 valence electrons. The molecule has 1 rings (SSSR count). The van der Waals surface area contributed by atoms with Crippen LogP contribution >= 0.6 is 0 Å². The summed E-state index contributed by atoms with van der Waals surface area (Å²) in [5.74, 6) is 0. The molecule has 0 aromatic heterocycles. The Morgan fingerprint density at radius 1 is 0.750 bits per heavy atom. The Labute approximate surface area is 39.6 Å². The maximum atomic E-state index is 1.50. The Hall–Kier alpha value is 0.636. The van der Waals surface area contributed by atoms with Gasteiger partial charge in [0, 0.05) is 0 Å². The Bertz CT molecular complexity index is 8.00. The first-order valence-corrected chi connectivity index (χ1v) is 1.50. The van der Waals surface area contributed by atoms with Crippen molar-refractivity contribution in [3.8, 4) is 0 Å². The summed E-state index contributed by atoms with van der Waals surface area (Å²) in [4.78, 5) is 0. The van der Waals surface area contributed by atoms with E-state index in [2.05, 4.69) is 0 Å². The van der Waals surface area contributed by atoms with Gasteiger partial charge in [0.25, 0.3) is 0 Å². The Kier molecular flexibility index (Phi) is 2.22. The fourth-order valence-corrected chi connectivity index (χ4v) is 0. The average Bonchev–Trinajstić information content (AvgIpc) is 1.46. The van der Waals surface area contributed by atoms with Crippen LogP contribution in [0.1, 0.15) is 19.3 Å². The van der Waals surface area contributed by atoms with Gasteiger partial charge in [-0.05, 0) is 0 Å². The molecular formula is C3H9Ga. The summed E-state index contributed by atoms with van der Waals surface area (Å²) >= 11 is 0. The van der Waals surface area contributed by atoms with E-state index in [1.54, 1.807) is 0 Å². The zero-order chi connectivity index (χ0) is 2.12. The van der Waals surface area contributed by atoms with Crippen molar-refractivity contribution in [2.75, 3.05) is 0 Å². The fourth-order valence-electron chi connectivity index (χ4n) is 0. The van der Waals surface area contributed by atoms with Gasteiger partial charge in [-0.1, -0.05) is 19.3 Å². The first-order chi connectivity index (χ1) is 1.50. The van der Waals surface area contributed by atoms with Crippen LogP contribution in [0.5, 0.6) is 0 Å². The summed E-state index contributed by atoms with van der Waals surface area (Å²) in [6.45, 7) is 0. The summed E-state index contributed by atoms with van der Waals surface area (Å²) in [5.41, 5.74) is 0. The van der Waals surface area contributed by atoms with E-state index in [0.717, 1.165) is 0 Å². The molecule has 0 radical (unpaired) electrons. The molecule has 0 atom stereocenters. The van der Waals surface area contributed by atoms with E-state index >= 15 is 0 Å². The van der Waals surface area contributed by atoms with Crippen LogP contribution in [0.4, 0.5) is 0 Å². The third-order valence-electron chi connectivity index (χ3n) is 0.354. The van der Waals surface area contributed by atoms with Crippen LogP contribution in [0.15, 0.2) is 0 Å². The minimum atomic E-state index is 0. The molecule has 0 heterocycles. The molecular weight excluding hydrogens is 106 g/mol. The van der Waals surface area contributed by atoms with Crippen molar-refractivity contribution in [1.82, 2.24) is 0 Å². The van der Waals surface area contributed by atoms with Crippen molar-refractivity contribution in [1.29, 1.82) is 0 Å². The molecule has 0 amide bonds. The molecule has 1 aliphatic rings. The molecule has 1 saturated carbocycles. The fraction of sp³-hybridized carbons (Fsp3) is 1.00. The Morgan fingerprint density at radius 2 is 1.00 bits per heavy atom. The van der Waals surface area contributed by atoms with Crippen LogP contribution in [0.3, 0.4) is 0 Å². The second-order valence-corrected chi connectivity index (χ2v) is 1.06. The van der Waals surface area contributed by atoms with Crippen molar-refractivity contribution < 1.29 is 0 Å². The second kappa shape index (κ2) is 1.91. The first-order valence-electron chi connectivity index (χ1n) is 1.50. The maximum absolute atomic E-state index is 1.50. The zero-order valence-electron chi connectivity index (χ0n) is 2.12. The molecule has 0 saturated heterocycles. The van der Waals surface area contributed by atoms with Crippen LogP contribution < -0.4 is 0 Å². The molecule has 0 bridgehead atoms. The minimum absolute atomic E-state index is 0. The third kappa shape index (κ3) is 2.64. The van der Waals surface area contributed by atoms with E-state index in [1.807, 2.05) is 0 Å². The van der Waals surface area contributed by atoms with Crippen molar-refractivity contribution >= 4 is 19.8 Å². The summed E-state index contributed by atoms with van der Waals surface area (Å²) in [5, 5.41) is 0. The average molecular weight is 115 g/mol. The van der Waals surface area contributed by atoms with Crippen LogP contribution in [0, 0.1) is 0 Å². The van der Waals surface area contributed by atoms with Gasteiger partial charge in [-0.25, -0.2) is 0 Å². The SMILES string of the molecule is C1CC1.[GaH3]. The van der Waals surface area contributed by atoms with Gasteiger partial charge >= 0.3 is 19.8 Å². The number of rotatable bonds is 0. The van der Waals surface area contributed by atoms with Gasteiger partial charge in [-0.15, -0.1) is 0 Å². The molecule has 0 aromatic carbocycles. The van der Waals surface area contributed by atoms with Gasteiger partial charge in [0.15, 0.2) is 0 Å². The quantitative estimate of drug-likeness (QED) is 0.389. The van der Waals surface area contributed by atoms with Gasteiger partial charge in [-0.2, -0.15) is 0 Å².